The number of hydrogen-bond acceptors (Lipinski definition) is 5. The first-order valence-corrected chi connectivity index (χ1v) is 4.03. The van der Waals surface area contributed by atoms with E-state index in [2.05, 4.69) is 9.97 Å². The highest BCUT2D eigenvalue weighted by molar-refractivity contribution is 5.27. The van der Waals surface area contributed by atoms with E-state index in [9.17, 15) is 5.11 Å². The van der Waals surface area contributed by atoms with Gasteiger partial charge in [-0.15, -0.1) is 0 Å². The highest BCUT2D eigenvalue weighted by atomic mass is 16.3. The maximum Gasteiger partial charge on any atom is 0.225 e. The van der Waals surface area contributed by atoms with Crippen LogP contribution in [0.1, 0.15) is 11.8 Å². The van der Waals surface area contributed by atoms with Crippen LogP contribution in [-0.4, -0.2) is 35.7 Å². The fourth-order valence-electron chi connectivity index (χ4n) is 0.884. The van der Waals surface area contributed by atoms with Crippen LogP contribution in [0.3, 0.4) is 0 Å². The fourth-order valence-corrected chi connectivity index (χ4v) is 0.884. The minimum absolute atomic E-state index is 0.171. The molecule has 1 aromatic heterocycles. The number of anilines is 1. The maximum atomic E-state index is 9.40. The largest absolute Gasteiger partial charge is 0.385 e. The number of aliphatic hydroxyl groups excluding tert-OH is 1. The Hall–Kier alpha value is -1.20. The second-order valence-electron chi connectivity index (χ2n) is 2.93. The molecule has 1 heterocycles. The second kappa shape index (κ2) is 4.15. The van der Waals surface area contributed by atoms with Gasteiger partial charge in [0.2, 0.25) is 5.95 Å². The van der Waals surface area contributed by atoms with Crippen LogP contribution < -0.4 is 10.6 Å². The number of nitrogens with zero attached hydrogens (tertiary/aromatic N) is 3. The first kappa shape index (κ1) is 9.88. The second-order valence-corrected chi connectivity index (χ2v) is 2.93. The molecule has 0 saturated heterocycles. The molecular weight excluding hydrogens is 168 g/mol. The van der Waals surface area contributed by atoms with E-state index in [1.165, 1.54) is 0 Å². The number of hydrogen-bond donors (Lipinski definition) is 2. The van der Waals surface area contributed by atoms with Gasteiger partial charge in [-0.25, -0.2) is 9.97 Å². The van der Waals surface area contributed by atoms with E-state index in [1.807, 2.05) is 14.1 Å². The molecule has 0 bridgehead atoms. The molecule has 5 nitrogen and oxygen atoms in total. The van der Waals surface area contributed by atoms with Crippen molar-refractivity contribution < 1.29 is 5.11 Å². The molecule has 1 atom stereocenters. The Kier molecular flexibility index (Phi) is 3.16. The van der Waals surface area contributed by atoms with Crippen LogP contribution in [0, 0.1) is 0 Å². The van der Waals surface area contributed by atoms with Crippen LogP contribution >= 0.6 is 0 Å². The minimum atomic E-state index is -0.707. The molecule has 0 saturated carbocycles. The van der Waals surface area contributed by atoms with Crippen LogP contribution in [0.5, 0.6) is 0 Å². The molecule has 13 heavy (non-hydrogen) atoms. The number of rotatable bonds is 3. The van der Waals surface area contributed by atoms with Crippen molar-refractivity contribution >= 4 is 5.95 Å². The lowest BCUT2D eigenvalue weighted by molar-refractivity contribution is 0.182. The van der Waals surface area contributed by atoms with Gasteiger partial charge in [-0.05, 0) is 6.07 Å². The summed E-state index contributed by atoms with van der Waals surface area (Å²) >= 11 is 0. The quantitative estimate of drug-likeness (QED) is 0.661. The monoisotopic (exact) mass is 182 g/mol. The fraction of sp³-hybridized carbons (Fsp3) is 0.500. The van der Waals surface area contributed by atoms with Crippen molar-refractivity contribution in [3.05, 3.63) is 18.0 Å². The van der Waals surface area contributed by atoms with E-state index in [4.69, 9.17) is 5.73 Å². The zero-order chi connectivity index (χ0) is 9.84. The normalized spacial score (nSPS) is 12.6. The van der Waals surface area contributed by atoms with Crippen molar-refractivity contribution in [3.63, 3.8) is 0 Å². The van der Waals surface area contributed by atoms with Crippen LogP contribution in [-0.2, 0) is 0 Å². The maximum absolute atomic E-state index is 9.40. The molecule has 1 aromatic rings. The van der Waals surface area contributed by atoms with Crippen molar-refractivity contribution in [2.75, 3.05) is 25.5 Å². The zero-order valence-corrected chi connectivity index (χ0v) is 7.81. The van der Waals surface area contributed by atoms with Crippen molar-refractivity contribution in [3.8, 4) is 0 Å². The third-order valence-corrected chi connectivity index (χ3v) is 1.63. The number of aromatic nitrogens is 2. The SMILES string of the molecule is CN(C)c1nccc(C(O)CN)n1. The Morgan fingerprint density at radius 1 is 1.62 bits per heavy atom. The lowest BCUT2D eigenvalue weighted by Crippen LogP contribution is -2.17. The van der Waals surface area contributed by atoms with Crippen LogP contribution in [0.15, 0.2) is 12.3 Å². The molecule has 0 spiro atoms. The summed E-state index contributed by atoms with van der Waals surface area (Å²) in [5.74, 6) is 0.574. The lowest BCUT2D eigenvalue weighted by atomic mass is 10.2. The predicted molar refractivity (Wildman–Crippen MR) is 50.4 cm³/mol. The summed E-state index contributed by atoms with van der Waals surface area (Å²) in [4.78, 5) is 9.92. The third-order valence-electron chi connectivity index (χ3n) is 1.63. The molecule has 3 N–H and O–H groups in total. The smallest absolute Gasteiger partial charge is 0.225 e. The molecular formula is C8H14N4O. The van der Waals surface area contributed by atoms with E-state index < -0.39 is 6.10 Å². The highest BCUT2D eigenvalue weighted by Gasteiger charge is 2.08. The van der Waals surface area contributed by atoms with E-state index in [-0.39, 0.29) is 6.54 Å². The molecule has 0 amide bonds. The van der Waals surface area contributed by atoms with Crippen molar-refractivity contribution in [2.45, 2.75) is 6.10 Å². The lowest BCUT2D eigenvalue weighted by Gasteiger charge is -2.12. The van der Waals surface area contributed by atoms with E-state index in [0.717, 1.165) is 0 Å². The average molecular weight is 182 g/mol. The zero-order valence-electron chi connectivity index (χ0n) is 7.81. The van der Waals surface area contributed by atoms with Gasteiger partial charge in [0.15, 0.2) is 0 Å². The summed E-state index contributed by atoms with van der Waals surface area (Å²) in [6, 6.07) is 1.66. The predicted octanol–water partition coefficient (Wildman–Crippen LogP) is -0.465. The molecule has 0 radical (unpaired) electrons. The summed E-state index contributed by atoms with van der Waals surface area (Å²) in [6.45, 7) is 0.171. The van der Waals surface area contributed by atoms with E-state index in [1.54, 1.807) is 17.2 Å². The molecule has 5 heteroatoms. The van der Waals surface area contributed by atoms with Crippen LogP contribution in [0.2, 0.25) is 0 Å². The number of nitrogens with two attached hydrogens (primary N) is 1. The van der Waals surface area contributed by atoms with E-state index in [0.29, 0.717) is 11.6 Å². The van der Waals surface area contributed by atoms with Crippen LogP contribution in [0.4, 0.5) is 5.95 Å². The summed E-state index contributed by atoms with van der Waals surface area (Å²) in [5, 5.41) is 9.40. The minimum Gasteiger partial charge on any atom is -0.385 e. The first-order chi connectivity index (χ1) is 6.15. The van der Waals surface area contributed by atoms with Gasteiger partial charge in [0.05, 0.1) is 5.69 Å². The van der Waals surface area contributed by atoms with Crippen molar-refractivity contribution in [2.24, 2.45) is 5.73 Å². The highest BCUT2D eigenvalue weighted by Crippen LogP contribution is 2.10. The summed E-state index contributed by atoms with van der Waals surface area (Å²) in [7, 11) is 3.68. The van der Waals surface area contributed by atoms with Gasteiger partial charge in [0, 0.05) is 26.8 Å². The molecule has 0 aliphatic carbocycles. The topological polar surface area (TPSA) is 75.3 Å². The standard InChI is InChI=1S/C8H14N4O/c1-12(2)8-10-4-3-6(11-8)7(13)5-9/h3-4,7,13H,5,9H2,1-2H3. The molecule has 0 aromatic carbocycles. The van der Waals surface area contributed by atoms with Gasteiger partial charge in [0.25, 0.3) is 0 Å². The molecule has 0 aliphatic rings. The van der Waals surface area contributed by atoms with Gasteiger partial charge < -0.3 is 15.7 Å². The Morgan fingerprint density at radius 2 is 2.31 bits per heavy atom. The number of aliphatic hydroxyl groups is 1. The molecule has 0 aliphatic heterocycles. The van der Waals surface area contributed by atoms with Gasteiger partial charge >= 0.3 is 0 Å². The molecule has 1 rings (SSSR count). The van der Waals surface area contributed by atoms with Gasteiger partial charge in [-0.3, -0.25) is 0 Å². The van der Waals surface area contributed by atoms with Gasteiger partial charge in [0.1, 0.15) is 6.10 Å². The van der Waals surface area contributed by atoms with Gasteiger partial charge in [-0.1, -0.05) is 0 Å². The summed E-state index contributed by atoms with van der Waals surface area (Å²) in [6.07, 6.45) is 0.901. The summed E-state index contributed by atoms with van der Waals surface area (Å²) < 4.78 is 0. The first-order valence-electron chi connectivity index (χ1n) is 4.03. The van der Waals surface area contributed by atoms with E-state index >= 15 is 0 Å². The Labute approximate surface area is 77.2 Å². The average Bonchev–Trinajstić information content (AvgIpc) is 2.17. The van der Waals surface area contributed by atoms with Gasteiger partial charge in [-0.2, -0.15) is 0 Å². The Bertz CT molecular complexity index is 277. The Balaban J connectivity index is 2.91. The van der Waals surface area contributed by atoms with Crippen molar-refractivity contribution in [1.29, 1.82) is 0 Å². The summed E-state index contributed by atoms with van der Waals surface area (Å²) in [5.41, 5.74) is 5.86. The van der Waals surface area contributed by atoms with Crippen LogP contribution in [0.25, 0.3) is 0 Å². The third kappa shape index (κ3) is 2.37. The molecule has 0 fully saturated rings. The Morgan fingerprint density at radius 3 is 2.85 bits per heavy atom. The molecule has 1 unspecified atom stereocenters. The molecule has 72 valence electrons. The van der Waals surface area contributed by atoms with Crippen molar-refractivity contribution in [1.82, 2.24) is 9.97 Å².